The molecule has 0 saturated carbocycles. The maximum atomic E-state index is 12.7. The van der Waals surface area contributed by atoms with Crippen molar-refractivity contribution < 1.29 is 23.9 Å². The van der Waals surface area contributed by atoms with Crippen LogP contribution in [0.4, 0.5) is 0 Å². The zero-order valence-corrected chi connectivity index (χ0v) is 21.7. The zero-order chi connectivity index (χ0) is 25.0. The number of hydrogen-bond acceptors (Lipinski definition) is 5. The fourth-order valence-corrected chi connectivity index (χ4v) is 3.11. The number of methoxy groups -OCH3 is 1. The van der Waals surface area contributed by atoms with E-state index in [0.717, 1.165) is 51.4 Å². The minimum absolute atomic E-state index is 0.0924. The normalized spacial score (nSPS) is 12.3. The molecule has 0 aliphatic rings. The summed E-state index contributed by atoms with van der Waals surface area (Å²) < 4.78 is 10.9. The van der Waals surface area contributed by atoms with Crippen LogP contribution in [0.15, 0.2) is 0 Å². The molecule has 0 spiro atoms. The van der Waals surface area contributed by atoms with Gasteiger partial charge in [0.15, 0.2) is 0 Å². The summed E-state index contributed by atoms with van der Waals surface area (Å²) in [5, 5.41) is 8.52. The van der Waals surface area contributed by atoms with Crippen LogP contribution in [0.5, 0.6) is 0 Å². The molecule has 0 aromatic carbocycles. The number of unbranched alkanes of at least 4 members (excludes halogenated alkanes) is 5. The molecular formula is C25H49N3O5. The zero-order valence-electron chi connectivity index (χ0n) is 21.7. The topological polar surface area (TPSA) is 106 Å². The molecule has 0 heterocycles. The summed E-state index contributed by atoms with van der Waals surface area (Å²) in [6, 6.07) is -0.725. The lowest BCUT2D eigenvalue weighted by Gasteiger charge is -2.22. The van der Waals surface area contributed by atoms with Crippen LogP contribution >= 0.6 is 0 Å². The molecule has 1 atom stereocenters. The van der Waals surface area contributed by atoms with Crippen LogP contribution in [0.25, 0.3) is 0 Å². The van der Waals surface area contributed by atoms with Crippen molar-refractivity contribution >= 4 is 17.7 Å². The van der Waals surface area contributed by atoms with E-state index in [1.54, 1.807) is 7.11 Å². The molecule has 0 unspecified atom stereocenters. The highest BCUT2D eigenvalue weighted by Gasteiger charge is 2.21. The maximum Gasteiger partial charge on any atom is 0.242 e. The summed E-state index contributed by atoms with van der Waals surface area (Å²) in [5.41, 5.74) is -0.243. The monoisotopic (exact) mass is 471 g/mol. The van der Waals surface area contributed by atoms with E-state index in [4.69, 9.17) is 9.47 Å². The van der Waals surface area contributed by atoms with Crippen molar-refractivity contribution in [1.29, 1.82) is 0 Å². The molecule has 8 heteroatoms. The van der Waals surface area contributed by atoms with Gasteiger partial charge in [-0.3, -0.25) is 14.4 Å². The fourth-order valence-electron chi connectivity index (χ4n) is 3.11. The van der Waals surface area contributed by atoms with Crippen LogP contribution in [-0.2, 0) is 23.9 Å². The Bertz CT molecular complexity index is 540. The number of carbonyl (C=O) groups excluding carboxylic acids is 3. The van der Waals surface area contributed by atoms with Gasteiger partial charge in [0.05, 0.1) is 12.2 Å². The summed E-state index contributed by atoms with van der Waals surface area (Å²) in [4.78, 5) is 37.1. The lowest BCUT2D eigenvalue weighted by Crippen LogP contribution is -2.48. The number of ether oxygens (including phenoxy) is 2. The van der Waals surface area contributed by atoms with E-state index in [9.17, 15) is 14.4 Å². The van der Waals surface area contributed by atoms with Gasteiger partial charge in [-0.2, -0.15) is 0 Å². The van der Waals surface area contributed by atoms with Crippen molar-refractivity contribution in [2.75, 3.05) is 33.4 Å². The Morgan fingerprint density at radius 1 is 0.818 bits per heavy atom. The largest absolute Gasteiger partial charge is 0.380 e. The third kappa shape index (κ3) is 18.4. The van der Waals surface area contributed by atoms with Crippen LogP contribution in [0.3, 0.4) is 0 Å². The predicted octanol–water partition coefficient (Wildman–Crippen LogP) is 3.48. The number of rotatable bonds is 21. The molecule has 33 heavy (non-hydrogen) atoms. The quantitative estimate of drug-likeness (QED) is 0.222. The third-order valence-corrected chi connectivity index (χ3v) is 5.62. The molecule has 0 aromatic rings. The second-order valence-corrected chi connectivity index (χ2v) is 9.14. The predicted molar refractivity (Wildman–Crippen MR) is 132 cm³/mol. The van der Waals surface area contributed by atoms with Crippen molar-refractivity contribution in [3.05, 3.63) is 0 Å². The van der Waals surface area contributed by atoms with Gasteiger partial charge in [-0.1, -0.05) is 46.0 Å². The first-order valence-electron chi connectivity index (χ1n) is 12.7. The molecular weight excluding hydrogens is 422 g/mol. The van der Waals surface area contributed by atoms with E-state index in [0.29, 0.717) is 32.7 Å². The molecule has 3 amide bonds. The van der Waals surface area contributed by atoms with Gasteiger partial charge in [0, 0.05) is 39.6 Å². The molecule has 3 N–H and O–H groups in total. The van der Waals surface area contributed by atoms with Crippen LogP contribution < -0.4 is 16.0 Å². The molecule has 0 aliphatic heterocycles. The number of hydrogen-bond donors (Lipinski definition) is 3. The van der Waals surface area contributed by atoms with Gasteiger partial charge >= 0.3 is 0 Å². The van der Waals surface area contributed by atoms with Gasteiger partial charge < -0.3 is 25.4 Å². The van der Waals surface area contributed by atoms with E-state index in [2.05, 4.69) is 29.8 Å². The van der Waals surface area contributed by atoms with Gasteiger partial charge in [0.25, 0.3) is 0 Å². The molecule has 0 aromatic heterocycles. The Labute approximate surface area is 201 Å². The maximum absolute atomic E-state index is 12.7. The van der Waals surface area contributed by atoms with Crippen molar-refractivity contribution in [1.82, 2.24) is 16.0 Å². The van der Waals surface area contributed by atoms with E-state index in [1.807, 2.05) is 13.8 Å². The molecule has 0 fully saturated rings. The van der Waals surface area contributed by atoms with Gasteiger partial charge in [-0.25, -0.2) is 0 Å². The van der Waals surface area contributed by atoms with Crippen molar-refractivity contribution in [2.24, 2.45) is 0 Å². The van der Waals surface area contributed by atoms with Crippen LogP contribution in [0, 0.1) is 0 Å². The highest BCUT2D eigenvalue weighted by molar-refractivity contribution is 5.88. The average molecular weight is 472 g/mol. The van der Waals surface area contributed by atoms with Gasteiger partial charge in [-0.15, -0.1) is 0 Å². The Morgan fingerprint density at radius 3 is 2.18 bits per heavy atom. The molecule has 0 rings (SSSR count). The van der Waals surface area contributed by atoms with Crippen LogP contribution in [0.1, 0.15) is 98.3 Å². The summed E-state index contributed by atoms with van der Waals surface area (Å²) in [7, 11) is 1.67. The Balaban J connectivity index is 4.49. The highest BCUT2D eigenvalue weighted by Crippen LogP contribution is 2.12. The average Bonchev–Trinajstić information content (AvgIpc) is 2.79. The fraction of sp³-hybridized carbons (Fsp3) is 0.880. The molecule has 0 radical (unpaired) electrons. The first-order chi connectivity index (χ1) is 15.8. The molecule has 0 saturated heterocycles. The summed E-state index contributed by atoms with van der Waals surface area (Å²) in [5.74, 6) is -0.519. The molecule has 194 valence electrons. The van der Waals surface area contributed by atoms with Gasteiger partial charge in [0.1, 0.15) is 6.04 Å². The Kier molecular flexibility index (Phi) is 18.8. The second kappa shape index (κ2) is 19.8. The molecule has 0 bridgehead atoms. The van der Waals surface area contributed by atoms with Crippen molar-refractivity contribution in [3.63, 3.8) is 0 Å². The lowest BCUT2D eigenvalue weighted by atomic mass is 10.1. The Hall–Kier alpha value is -1.67. The summed E-state index contributed by atoms with van der Waals surface area (Å²) in [6.45, 7) is 10.1. The van der Waals surface area contributed by atoms with E-state index >= 15 is 0 Å². The standard InChI is InChI=1S/C25H49N3O5/c1-6-8-10-11-13-23(30)28-21(14-15-22(29)26-17-12-9-7-2)24(31)27-18-20-33-19-16-25(3,4)32-5/h21H,6-20H2,1-5H3,(H,26,29)(H,27,31)(H,28,30)/t21-/m0/s1. The highest BCUT2D eigenvalue weighted by atomic mass is 16.5. The van der Waals surface area contributed by atoms with Crippen LogP contribution in [0.2, 0.25) is 0 Å². The lowest BCUT2D eigenvalue weighted by molar-refractivity contribution is -0.130. The first-order valence-corrected chi connectivity index (χ1v) is 12.7. The van der Waals surface area contributed by atoms with Gasteiger partial charge in [0.2, 0.25) is 17.7 Å². The second-order valence-electron chi connectivity index (χ2n) is 9.14. The van der Waals surface area contributed by atoms with Crippen molar-refractivity contribution in [3.8, 4) is 0 Å². The number of nitrogens with one attached hydrogen (secondary N) is 3. The molecule has 0 aliphatic carbocycles. The molecule has 8 nitrogen and oxygen atoms in total. The summed E-state index contributed by atoms with van der Waals surface area (Å²) in [6.07, 6.45) is 8.73. The van der Waals surface area contributed by atoms with E-state index < -0.39 is 6.04 Å². The van der Waals surface area contributed by atoms with E-state index in [-0.39, 0.29) is 36.2 Å². The van der Waals surface area contributed by atoms with Crippen molar-refractivity contribution in [2.45, 2.75) is 110 Å². The smallest absolute Gasteiger partial charge is 0.242 e. The van der Waals surface area contributed by atoms with E-state index in [1.165, 1.54) is 0 Å². The van der Waals surface area contributed by atoms with Crippen LogP contribution in [-0.4, -0.2) is 62.8 Å². The Morgan fingerprint density at radius 2 is 1.52 bits per heavy atom. The SMILES string of the molecule is CCCCCCC(=O)N[C@@H](CCC(=O)NCCCCC)C(=O)NCCOCCC(C)(C)OC. The number of carbonyl (C=O) groups is 3. The summed E-state index contributed by atoms with van der Waals surface area (Å²) >= 11 is 0. The first kappa shape index (κ1) is 31.3. The minimum atomic E-state index is -0.725. The van der Waals surface area contributed by atoms with Gasteiger partial charge in [-0.05, 0) is 39.5 Å². The minimum Gasteiger partial charge on any atom is -0.380 e. The third-order valence-electron chi connectivity index (χ3n) is 5.62. The number of amides is 3.